The summed E-state index contributed by atoms with van der Waals surface area (Å²) in [6.07, 6.45) is 15.8. The van der Waals surface area contributed by atoms with Crippen LogP contribution in [0.5, 0.6) is 0 Å². The van der Waals surface area contributed by atoms with E-state index in [1.807, 2.05) is 12.2 Å². The maximum absolute atomic E-state index is 11.1. The van der Waals surface area contributed by atoms with Gasteiger partial charge in [0.15, 0.2) is 0 Å². The monoisotopic (exact) mass is 220 g/mol. The number of hydrogen-bond donors (Lipinski definition) is 1. The topological polar surface area (TPSA) is 37.3 Å². The minimum atomic E-state index is -0.662. The zero-order chi connectivity index (χ0) is 11.4. The smallest absolute Gasteiger partial charge is 0.304 e. The first-order chi connectivity index (χ1) is 7.73. The van der Waals surface area contributed by atoms with Crippen molar-refractivity contribution < 1.29 is 9.90 Å². The molecule has 0 aromatic carbocycles. The van der Waals surface area contributed by atoms with E-state index < -0.39 is 5.97 Å². The molecule has 0 bridgehead atoms. The molecule has 2 nitrogen and oxygen atoms in total. The maximum atomic E-state index is 11.1. The van der Waals surface area contributed by atoms with Crippen LogP contribution in [0.15, 0.2) is 24.3 Å². The van der Waals surface area contributed by atoms with Crippen LogP contribution in [-0.2, 0) is 4.79 Å². The Labute approximate surface area is 97.0 Å². The van der Waals surface area contributed by atoms with Crippen LogP contribution in [0, 0.1) is 11.3 Å². The highest BCUT2D eigenvalue weighted by Gasteiger charge is 2.38. The summed E-state index contributed by atoms with van der Waals surface area (Å²) in [5, 5.41) is 9.10. The second kappa shape index (κ2) is 4.86. The average molecular weight is 220 g/mol. The third-order valence-corrected chi connectivity index (χ3v) is 4.07. The summed E-state index contributed by atoms with van der Waals surface area (Å²) in [6, 6.07) is 0. The summed E-state index contributed by atoms with van der Waals surface area (Å²) in [5.41, 5.74) is -0.0962. The molecule has 0 aliphatic heterocycles. The van der Waals surface area contributed by atoms with Crippen LogP contribution in [-0.4, -0.2) is 11.1 Å². The standard InChI is InChI=1S/C14H20O2/c15-13(16)11-14(9-5-2-6-10-14)12-7-3-1-4-8-12/h2,5-6,9,12H,1,3-4,7-8,10-11H2,(H,15,16). The number of carboxylic acids is 1. The summed E-state index contributed by atoms with van der Waals surface area (Å²) in [5.74, 6) is -0.0935. The second-order valence-electron chi connectivity index (χ2n) is 5.13. The molecule has 2 aliphatic rings. The lowest BCUT2D eigenvalue weighted by atomic mass is 9.64. The van der Waals surface area contributed by atoms with Crippen molar-refractivity contribution in [3.05, 3.63) is 24.3 Å². The van der Waals surface area contributed by atoms with E-state index in [1.165, 1.54) is 32.1 Å². The van der Waals surface area contributed by atoms with Gasteiger partial charge in [-0.3, -0.25) is 4.79 Å². The zero-order valence-electron chi connectivity index (χ0n) is 9.69. The van der Waals surface area contributed by atoms with Gasteiger partial charge in [-0.05, 0) is 25.2 Å². The van der Waals surface area contributed by atoms with Gasteiger partial charge in [0.2, 0.25) is 0 Å². The second-order valence-corrected chi connectivity index (χ2v) is 5.13. The van der Waals surface area contributed by atoms with Gasteiger partial charge in [-0.1, -0.05) is 43.6 Å². The molecule has 0 saturated heterocycles. The number of aliphatic carboxylic acids is 1. The maximum Gasteiger partial charge on any atom is 0.304 e. The van der Waals surface area contributed by atoms with E-state index in [0.717, 1.165) is 6.42 Å². The lowest BCUT2D eigenvalue weighted by molar-refractivity contribution is -0.140. The molecule has 2 rings (SSSR count). The number of hydrogen-bond acceptors (Lipinski definition) is 1. The van der Waals surface area contributed by atoms with Crippen LogP contribution in [0.1, 0.15) is 44.9 Å². The van der Waals surface area contributed by atoms with Gasteiger partial charge in [0.1, 0.15) is 0 Å². The van der Waals surface area contributed by atoms with Crippen molar-refractivity contribution in [1.82, 2.24) is 0 Å². The molecule has 1 fully saturated rings. The largest absolute Gasteiger partial charge is 0.481 e. The predicted molar refractivity (Wildman–Crippen MR) is 64.2 cm³/mol. The fourth-order valence-corrected chi connectivity index (χ4v) is 3.22. The number of rotatable bonds is 3. The van der Waals surface area contributed by atoms with Gasteiger partial charge in [-0.25, -0.2) is 0 Å². The van der Waals surface area contributed by atoms with E-state index in [9.17, 15) is 4.79 Å². The summed E-state index contributed by atoms with van der Waals surface area (Å²) in [7, 11) is 0. The van der Waals surface area contributed by atoms with Crippen molar-refractivity contribution in [2.45, 2.75) is 44.9 Å². The Kier molecular flexibility index (Phi) is 3.47. The van der Waals surface area contributed by atoms with E-state index in [1.54, 1.807) is 0 Å². The third kappa shape index (κ3) is 2.37. The Hall–Kier alpha value is -1.05. The van der Waals surface area contributed by atoms with Crippen LogP contribution in [0.25, 0.3) is 0 Å². The highest BCUT2D eigenvalue weighted by molar-refractivity contribution is 5.68. The molecule has 2 heteroatoms. The molecule has 0 radical (unpaired) electrons. The molecular weight excluding hydrogens is 200 g/mol. The molecule has 1 atom stereocenters. The lowest BCUT2D eigenvalue weighted by Crippen LogP contribution is -2.33. The average Bonchev–Trinajstić information content (AvgIpc) is 2.30. The van der Waals surface area contributed by atoms with Crippen molar-refractivity contribution >= 4 is 5.97 Å². The Morgan fingerprint density at radius 1 is 1.25 bits per heavy atom. The Bertz CT molecular complexity index is 311. The number of carbonyl (C=O) groups is 1. The van der Waals surface area contributed by atoms with Crippen LogP contribution < -0.4 is 0 Å². The van der Waals surface area contributed by atoms with Gasteiger partial charge >= 0.3 is 5.97 Å². The normalized spacial score (nSPS) is 30.5. The number of allylic oxidation sites excluding steroid dienone is 4. The summed E-state index contributed by atoms with van der Waals surface area (Å²) in [6.45, 7) is 0. The van der Waals surface area contributed by atoms with Crippen molar-refractivity contribution in [3.8, 4) is 0 Å². The van der Waals surface area contributed by atoms with Crippen LogP contribution in [0.2, 0.25) is 0 Å². The molecule has 0 aromatic rings. The highest BCUT2D eigenvalue weighted by atomic mass is 16.4. The van der Waals surface area contributed by atoms with Gasteiger partial charge < -0.3 is 5.11 Å². The summed E-state index contributed by atoms with van der Waals surface area (Å²) >= 11 is 0. The molecule has 16 heavy (non-hydrogen) atoms. The quantitative estimate of drug-likeness (QED) is 0.789. The molecule has 1 N–H and O–H groups in total. The zero-order valence-corrected chi connectivity index (χ0v) is 9.69. The van der Waals surface area contributed by atoms with Crippen LogP contribution >= 0.6 is 0 Å². The first kappa shape index (κ1) is 11.4. The summed E-state index contributed by atoms with van der Waals surface area (Å²) in [4.78, 5) is 11.1. The molecule has 0 aromatic heterocycles. The Balaban J connectivity index is 2.15. The molecule has 0 heterocycles. The highest BCUT2D eigenvalue weighted by Crippen LogP contribution is 2.46. The van der Waals surface area contributed by atoms with E-state index in [0.29, 0.717) is 12.3 Å². The Morgan fingerprint density at radius 2 is 2.00 bits per heavy atom. The molecule has 0 spiro atoms. The van der Waals surface area contributed by atoms with E-state index in [4.69, 9.17) is 5.11 Å². The Morgan fingerprint density at radius 3 is 2.56 bits per heavy atom. The van der Waals surface area contributed by atoms with E-state index in [-0.39, 0.29) is 5.41 Å². The minimum Gasteiger partial charge on any atom is -0.481 e. The molecule has 88 valence electrons. The molecule has 2 aliphatic carbocycles. The van der Waals surface area contributed by atoms with Crippen molar-refractivity contribution in [2.24, 2.45) is 11.3 Å². The van der Waals surface area contributed by atoms with E-state index in [2.05, 4.69) is 12.2 Å². The van der Waals surface area contributed by atoms with Crippen molar-refractivity contribution in [3.63, 3.8) is 0 Å². The fourth-order valence-electron chi connectivity index (χ4n) is 3.22. The fraction of sp³-hybridized carbons (Fsp3) is 0.643. The molecular formula is C14H20O2. The van der Waals surface area contributed by atoms with Crippen molar-refractivity contribution in [2.75, 3.05) is 0 Å². The first-order valence-electron chi connectivity index (χ1n) is 6.29. The van der Waals surface area contributed by atoms with Crippen LogP contribution in [0.3, 0.4) is 0 Å². The van der Waals surface area contributed by atoms with E-state index >= 15 is 0 Å². The van der Waals surface area contributed by atoms with Gasteiger partial charge in [0.25, 0.3) is 0 Å². The minimum absolute atomic E-state index is 0.0962. The first-order valence-corrected chi connectivity index (χ1v) is 6.29. The van der Waals surface area contributed by atoms with Gasteiger partial charge in [-0.15, -0.1) is 0 Å². The molecule has 1 saturated carbocycles. The van der Waals surface area contributed by atoms with Crippen molar-refractivity contribution in [1.29, 1.82) is 0 Å². The van der Waals surface area contributed by atoms with Gasteiger partial charge in [-0.2, -0.15) is 0 Å². The molecule has 0 amide bonds. The van der Waals surface area contributed by atoms with Gasteiger partial charge in [0.05, 0.1) is 6.42 Å². The SMILES string of the molecule is O=C(O)CC1(C2CCCCC2)C=CC=CC1. The lowest BCUT2D eigenvalue weighted by Gasteiger charge is -2.40. The third-order valence-electron chi connectivity index (χ3n) is 4.07. The predicted octanol–water partition coefficient (Wildman–Crippen LogP) is 3.54. The number of carboxylic acid groups (broad SMARTS) is 1. The summed E-state index contributed by atoms with van der Waals surface area (Å²) < 4.78 is 0. The molecule has 1 unspecified atom stereocenters. The van der Waals surface area contributed by atoms with Crippen LogP contribution in [0.4, 0.5) is 0 Å². The van der Waals surface area contributed by atoms with Gasteiger partial charge in [0, 0.05) is 5.41 Å².